The maximum absolute atomic E-state index is 11.9. The number of rotatable bonds is 5. The first-order chi connectivity index (χ1) is 10.1. The number of carbonyl (C=O) groups is 1. The van der Waals surface area contributed by atoms with E-state index in [1.54, 1.807) is 18.2 Å². The van der Waals surface area contributed by atoms with Crippen LogP contribution in [0.2, 0.25) is 0 Å². The van der Waals surface area contributed by atoms with Gasteiger partial charge in [-0.05, 0) is 30.7 Å². The summed E-state index contributed by atoms with van der Waals surface area (Å²) >= 11 is 0. The van der Waals surface area contributed by atoms with Crippen LogP contribution in [0.4, 0.5) is 11.4 Å². The highest BCUT2D eigenvalue weighted by molar-refractivity contribution is 5.92. The first kappa shape index (κ1) is 14.7. The Hall–Kier alpha value is -2.69. The number of nitrogens with two attached hydrogens (primary N) is 1. The minimum atomic E-state index is -0.242. The maximum Gasteiger partial charge on any atom is 0.262 e. The molecule has 0 saturated carbocycles. The molecule has 0 aliphatic heterocycles. The Balaban J connectivity index is 1.98. The van der Waals surface area contributed by atoms with E-state index in [1.807, 2.05) is 31.2 Å². The lowest BCUT2D eigenvalue weighted by Crippen LogP contribution is -2.20. The topological polar surface area (TPSA) is 73.6 Å². The average molecular weight is 286 g/mol. The monoisotopic (exact) mass is 286 g/mol. The van der Waals surface area contributed by atoms with Crippen LogP contribution in [-0.4, -0.2) is 19.6 Å². The highest BCUT2D eigenvalue weighted by Crippen LogP contribution is 2.28. The molecule has 2 aromatic rings. The van der Waals surface area contributed by atoms with E-state index >= 15 is 0 Å². The van der Waals surface area contributed by atoms with Crippen LogP contribution in [0, 0.1) is 6.92 Å². The van der Waals surface area contributed by atoms with Gasteiger partial charge >= 0.3 is 0 Å². The van der Waals surface area contributed by atoms with Crippen molar-refractivity contribution in [1.29, 1.82) is 0 Å². The molecule has 0 radical (unpaired) electrons. The number of aryl methyl sites for hydroxylation is 1. The summed E-state index contributed by atoms with van der Waals surface area (Å²) in [6.07, 6.45) is 0. The van der Waals surface area contributed by atoms with E-state index in [1.165, 1.54) is 7.11 Å². The summed E-state index contributed by atoms with van der Waals surface area (Å²) in [4.78, 5) is 11.9. The molecule has 5 heteroatoms. The maximum atomic E-state index is 11.9. The van der Waals surface area contributed by atoms with Crippen LogP contribution >= 0.6 is 0 Å². The van der Waals surface area contributed by atoms with Gasteiger partial charge in [0, 0.05) is 17.4 Å². The molecule has 5 nitrogen and oxygen atoms in total. The number of para-hydroxylation sites is 1. The van der Waals surface area contributed by atoms with Gasteiger partial charge in [-0.3, -0.25) is 4.79 Å². The molecular weight excluding hydrogens is 268 g/mol. The molecule has 0 heterocycles. The van der Waals surface area contributed by atoms with Crippen molar-refractivity contribution >= 4 is 17.3 Å². The highest BCUT2D eigenvalue weighted by atomic mass is 16.5. The quantitative estimate of drug-likeness (QED) is 0.829. The summed E-state index contributed by atoms with van der Waals surface area (Å²) in [5.74, 6) is 0.735. The van der Waals surface area contributed by atoms with Gasteiger partial charge in [0.15, 0.2) is 18.1 Å². The van der Waals surface area contributed by atoms with Crippen molar-refractivity contribution in [3.63, 3.8) is 0 Å². The molecule has 110 valence electrons. The van der Waals surface area contributed by atoms with Crippen molar-refractivity contribution in [3.05, 3.63) is 48.0 Å². The van der Waals surface area contributed by atoms with Gasteiger partial charge in [-0.15, -0.1) is 0 Å². The van der Waals surface area contributed by atoms with E-state index in [-0.39, 0.29) is 12.5 Å². The fourth-order valence-electron chi connectivity index (χ4n) is 1.85. The lowest BCUT2D eigenvalue weighted by atomic mass is 10.2. The summed E-state index contributed by atoms with van der Waals surface area (Å²) in [6, 6.07) is 12.6. The predicted octanol–water partition coefficient (Wildman–Crippen LogP) is 2.60. The fraction of sp³-hybridized carbons (Fsp3) is 0.188. The normalized spacial score (nSPS) is 10.0. The molecule has 0 spiro atoms. The molecule has 0 bridgehead atoms. The van der Waals surface area contributed by atoms with Gasteiger partial charge in [0.1, 0.15) is 0 Å². The molecule has 1 amide bonds. The first-order valence-corrected chi connectivity index (χ1v) is 6.52. The van der Waals surface area contributed by atoms with E-state index in [9.17, 15) is 4.79 Å². The van der Waals surface area contributed by atoms with Crippen molar-refractivity contribution in [1.82, 2.24) is 0 Å². The third kappa shape index (κ3) is 3.89. The van der Waals surface area contributed by atoms with E-state index in [4.69, 9.17) is 15.2 Å². The molecule has 0 unspecified atom stereocenters. The fourth-order valence-corrected chi connectivity index (χ4v) is 1.85. The molecule has 0 atom stereocenters. The Morgan fingerprint density at radius 2 is 1.95 bits per heavy atom. The standard InChI is InChI=1S/C16H18N2O3/c1-11-5-3-4-6-13(11)18-16(19)10-21-15-9-12(17)7-8-14(15)20-2/h3-9H,10,17H2,1-2H3,(H,18,19). The Morgan fingerprint density at radius 3 is 2.67 bits per heavy atom. The number of methoxy groups -OCH3 is 1. The number of amides is 1. The summed E-state index contributed by atoms with van der Waals surface area (Å²) < 4.78 is 10.6. The SMILES string of the molecule is COc1ccc(N)cc1OCC(=O)Nc1ccccc1C. The highest BCUT2D eigenvalue weighted by Gasteiger charge is 2.09. The molecule has 0 saturated heterocycles. The van der Waals surface area contributed by atoms with Crippen molar-refractivity contribution in [2.24, 2.45) is 0 Å². The number of hydrogen-bond acceptors (Lipinski definition) is 4. The third-order valence-electron chi connectivity index (χ3n) is 2.97. The third-order valence-corrected chi connectivity index (χ3v) is 2.97. The minimum absolute atomic E-state index is 0.117. The lowest BCUT2D eigenvalue weighted by Gasteiger charge is -2.12. The number of ether oxygens (including phenoxy) is 2. The van der Waals surface area contributed by atoms with Crippen LogP contribution in [0.3, 0.4) is 0 Å². The largest absolute Gasteiger partial charge is 0.493 e. The molecular formula is C16H18N2O3. The summed E-state index contributed by atoms with van der Waals surface area (Å²) in [5, 5.41) is 2.80. The number of anilines is 2. The molecule has 21 heavy (non-hydrogen) atoms. The summed E-state index contributed by atoms with van der Waals surface area (Å²) in [6.45, 7) is 1.81. The zero-order valence-electron chi connectivity index (χ0n) is 12.1. The Labute approximate surface area is 123 Å². The summed E-state index contributed by atoms with van der Waals surface area (Å²) in [7, 11) is 1.53. The van der Waals surface area contributed by atoms with Crippen LogP contribution in [0.25, 0.3) is 0 Å². The van der Waals surface area contributed by atoms with E-state index in [0.717, 1.165) is 11.3 Å². The van der Waals surface area contributed by atoms with Gasteiger partial charge in [-0.1, -0.05) is 18.2 Å². The molecule has 2 rings (SSSR count). The van der Waals surface area contributed by atoms with Gasteiger partial charge in [-0.2, -0.15) is 0 Å². The van der Waals surface area contributed by atoms with Gasteiger partial charge in [0.2, 0.25) is 0 Å². The number of nitrogen functional groups attached to an aromatic ring is 1. The number of carbonyl (C=O) groups excluding carboxylic acids is 1. The number of hydrogen-bond donors (Lipinski definition) is 2. The van der Waals surface area contributed by atoms with Gasteiger partial charge in [0.25, 0.3) is 5.91 Å². The minimum Gasteiger partial charge on any atom is -0.493 e. The van der Waals surface area contributed by atoms with Crippen LogP contribution in [0.15, 0.2) is 42.5 Å². The second kappa shape index (κ2) is 6.65. The summed E-state index contributed by atoms with van der Waals surface area (Å²) in [5.41, 5.74) is 8.00. The van der Waals surface area contributed by atoms with E-state index in [2.05, 4.69) is 5.32 Å². The lowest BCUT2D eigenvalue weighted by molar-refractivity contribution is -0.118. The van der Waals surface area contributed by atoms with Gasteiger partial charge < -0.3 is 20.5 Å². The van der Waals surface area contributed by atoms with Gasteiger partial charge in [0.05, 0.1) is 7.11 Å². The van der Waals surface area contributed by atoms with Crippen LogP contribution in [-0.2, 0) is 4.79 Å². The Morgan fingerprint density at radius 1 is 1.19 bits per heavy atom. The number of benzene rings is 2. The van der Waals surface area contributed by atoms with E-state index < -0.39 is 0 Å². The zero-order chi connectivity index (χ0) is 15.2. The Bertz CT molecular complexity index is 641. The molecule has 0 aliphatic rings. The predicted molar refractivity (Wildman–Crippen MR) is 82.7 cm³/mol. The van der Waals surface area contributed by atoms with Gasteiger partial charge in [-0.25, -0.2) is 0 Å². The van der Waals surface area contributed by atoms with Crippen molar-refractivity contribution < 1.29 is 14.3 Å². The second-order valence-corrected chi connectivity index (χ2v) is 4.56. The average Bonchev–Trinajstić information content (AvgIpc) is 2.48. The van der Waals surface area contributed by atoms with E-state index in [0.29, 0.717) is 17.2 Å². The second-order valence-electron chi connectivity index (χ2n) is 4.56. The van der Waals surface area contributed by atoms with Crippen molar-refractivity contribution in [3.8, 4) is 11.5 Å². The van der Waals surface area contributed by atoms with Crippen molar-refractivity contribution in [2.45, 2.75) is 6.92 Å². The van der Waals surface area contributed by atoms with Crippen LogP contribution in [0.1, 0.15) is 5.56 Å². The first-order valence-electron chi connectivity index (χ1n) is 6.52. The molecule has 0 fully saturated rings. The molecule has 3 N–H and O–H groups in total. The Kier molecular flexibility index (Phi) is 4.66. The van der Waals surface area contributed by atoms with Crippen molar-refractivity contribution in [2.75, 3.05) is 24.8 Å². The number of nitrogens with one attached hydrogen (secondary N) is 1. The smallest absolute Gasteiger partial charge is 0.262 e. The zero-order valence-corrected chi connectivity index (χ0v) is 12.1. The molecule has 2 aromatic carbocycles. The molecule has 0 aliphatic carbocycles. The van der Waals surface area contributed by atoms with Crippen LogP contribution in [0.5, 0.6) is 11.5 Å². The van der Waals surface area contributed by atoms with Crippen LogP contribution < -0.4 is 20.5 Å². The molecule has 0 aromatic heterocycles.